The molecule has 1 unspecified atom stereocenters. The van der Waals surface area contributed by atoms with Gasteiger partial charge in [0.2, 0.25) is 0 Å². The van der Waals surface area contributed by atoms with Crippen LogP contribution < -0.4 is 10.4 Å². The number of aliphatic imine (C=N–C) groups is 1. The highest BCUT2D eigenvalue weighted by Gasteiger charge is 2.42. The van der Waals surface area contributed by atoms with E-state index in [0.29, 0.717) is 10.9 Å². The number of pyridine rings is 1. The standard InChI is InChI=1S/C17H17N3O3/c1-9(2)17(3)16(23)19-14(20-17)13-11(15(21)22)8-10-6-4-5-7-12(10)18-13/h4-9H,1-3H3,(H,21,22)(H,19,20,23)/p-1. The number of amides is 1. The Morgan fingerprint density at radius 3 is 2.61 bits per heavy atom. The lowest BCUT2D eigenvalue weighted by Gasteiger charge is -2.21. The van der Waals surface area contributed by atoms with E-state index >= 15 is 0 Å². The third-order valence-corrected chi connectivity index (χ3v) is 4.33. The molecule has 0 aliphatic carbocycles. The van der Waals surface area contributed by atoms with Crippen molar-refractivity contribution in [2.45, 2.75) is 26.3 Å². The van der Waals surface area contributed by atoms with E-state index in [9.17, 15) is 14.7 Å². The van der Waals surface area contributed by atoms with Crippen LogP contribution in [0.2, 0.25) is 0 Å². The molecule has 1 aromatic heterocycles. The Morgan fingerprint density at radius 2 is 2.00 bits per heavy atom. The van der Waals surface area contributed by atoms with E-state index in [1.165, 1.54) is 6.07 Å². The quantitative estimate of drug-likeness (QED) is 0.911. The molecule has 6 heteroatoms. The van der Waals surface area contributed by atoms with E-state index in [1.807, 2.05) is 19.9 Å². The Labute approximate surface area is 133 Å². The Kier molecular flexibility index (Phi) is 3.39. The van der Waals surface area contributed by atoms with Gasteiger partial charge in [-0.1, -0.05) is 32.0 Å². The van der Waals surface area contributed by atoms with Crippen molar-refractivity contribution in [1.82, 2.24) is 10.3 Å². The Morgan fingerprint density at radius 1 is 1.30 bits per heavy atom. The zero-order chi connectivity index (χ0) is 16.8. The first-order chi connectivity index (χ1) is 10.8. The van der Waals surface area contributed by atoms with Gasteiger partial charge in [-0.3, -0.25) is 4.79 Å². The number of carbonyl (C=O) groups is 2. The first-order valence-electron chi connectivity index (χ1n) is 7.35. The number of nitrogens with one attached hydrogen (secondary N) is 1. The van der Waals surface area contributed by atoms with Gasteiger partial charge in [0, 0.05) is 10.9 Å². The number of carboxylic acids is 1. The topological polar surface area (TPSA) is 94.5 Å². The molecule has 0 radical (unpaired) electrons. The molecular formula is C17H16N3O3-. The molecule has 1 N–H and O–H groups in total. The van der Waals surface area contributed by atoms with E-state index < -0.39 is 11.5 Å². The van der Waals surface area contributed by atoms with Crippen molar-refractivity contribution in [3.8, 4) is 0 Å². The summed E-state index contributed by atoms with van der Waals surface area (Å²) in [5.41, 5.74) is -0.272. The number of amidine groups is 1. The van der Waals surface area contributed by atoms with Gasteiger partial charge >= 0.3 is 0 Å². The van der Waals surface area contributed by atoms with Crippen molar-refractivity contribution in [1.29, 1.82) is 0 Å². The number of hydrogen-bond acceptors (Lipinski definition) is 5. The number of nitrogens with zero attached hydrogens (tertiary/aromatic N) is 2. The van der Waals surface area contributed by atoms with Gasteiger partial charge < -0.3 is 15.2 Å². The first kappa shape index (κ1) is 15.1. The molecule has 118 valence electrons. The molecule has 2 aromatic rings. The van der Waals surface area contributed by atoms with Crippen LogP contribution in [0.25, 0.3) is 10.9 Å². The number of benzene rings is 1. The van der Waals surface area contributed by atoms with Gasteiger partial charge in [0.05, 0.1) is 11.5 Å². The maximum atomic E-state index is 12.2. The molecule has 1 aliphatic heterocycles. The zero-order valence-electron chi connectivity index (χ0n) is 13.1. The summed E-state index contributed by atoms with van der Waals surface area (Å²) in [4.78, 5) is 32.5. The fourth-order valence-electron chi connectivity index (χ4n) is 2.50. The second kappa shape index (κ2) is 5.15. The number of fused-ring (bicyclic) bond motifs is 1. The predicted molar refractivity (Wildman–Crippen MR) is 84.0 cm³/mol. The average molecular weight is 310 g/mol. The largest absolute Gasteiger partial charge is 0.545 e. The summed E-state index contributed by atoms with van der Waals surface area (Å²) in [7, 11) is 0. The van der Waals surface area contributed by atoms with Crippen molar-refractivity contribution >= 4 is 28.6 Å². The minimum Gasteiger partial charge on any atom is -0.545 e. The molecule has 1 atom stereocenters. The van der Waals surface area contributed by atoms with Crippen molar-refractivity contribution < 1.29 is 14.7 Å². The molecule has 23 heavy (non-hydrogen) atoms. The van der Waals surface area contributed by atoms with Crippen LogP contribution in [0, 0.1) is 5.92 Å². The Balaban J connectivity index is 2.22. The van der Waals surface area contributed by atoms with Crippen LogP contribution in [0.5, 0.6) is 0 Å². The predicted octanol–water partition coefficient (Wildman–Crippen LogP) is 0.889. The highest BCUT2D eigenvalue weighted by Crippen LogP contribution is 2.28. The van der Waals surface area contributed by atoms with E-state index in [-0.39, 0.29) is 28.9 Å². The molecule has 0 saturated carbocycles. The van der Waals surface area contributed by atoms with Crippen LogP contribution >= 0.6 is 0 Å². The number of aromatic carboxylic acids is 1. The van der Waals surface area contributed by atoms with Gasteiger partial charge in [0.25, 0.3) is 5.91 Å². The van der Waals surface area contributed by atoms with Crippen molar-refractivity contribution in [3.63, 3.8) is 0 Å². The molecule has 1 aliphatic rings. The highest BCUT2D eigenvalue weighted by atomic mass is 16.4. The smallest absolute Gasteiger partial charge is 0.253 e. The minimum atomic E-state index is -1.35. The third-order valence-electron chi connectivity index (χ3n) is 4.33. The van der Waals surface area contributed by atoms with E-state index in [4.69, 9.17) is 0 Å². The van der Waals surface area contributed by atoms with E-state index in [2.05, 4.69) is 15.3 Å². The Bertz CT molecular complexity index is 857. The normalized spacial score (nSPS) is 20.7. The zero-order valence-corrected chi connectivity index (χ0v) is 13.1. The van der Waals surface area contributed by atoms with E-state index in [1.54, 1.807) is 25.1 Å². The molecule has 1 aromatic carbocycles. The second-order valence-electron chi connectivity index (χ2n) is 6.08. The summed E-state index contributed by atoms with van der Waals surface area (Å²) < 4.78 is 0. The number of carbonyl (C=O) groups excluding carboxylic acids is 2. The summed E-state index contributed by atoms with van der Waals surface area (Å²) in [6.45, 7) is 5.50. The van der Waals surface area contributed by atoms with Crippen LogP contribution in [0.15, 0.2) is 35.3 Å². The molecule has 3 rings (SSSR count). The summed E-state index contributed by atoms with van der Waals surface area (Å²) in [6, 6.07) is 8.65. The van der Waals surface area contributed by atoms with Gasteiger partial charge in [0.15, 0.2) is 5.84 Å². The lowest BCUT2D eigenvalue weighted by molar-refractivity contribution is -0.255. The number of hydrogen-bond donors (Lipinski definition) is 1. The average Bonchev–Trinajstić information content (AvgIpc) is 2.82. The minimum absolute atomic E-state index is 0.0353. The van der Waals surface area contributed by atoms with Crippen LogP contribution in [0.1, 0.15) is 36.8 Å². The summed E-state index contributed by atoms with van der Waals surface area (Å²) in [5.74, 6) is -1.47. The number of rotatable bonds is 3. The van der Waals surface area contributed by atoms with Crippen molar-refractivity contribution in [2.75, 3.05) is 0 Å². The fraction of sp³-hybridized carbons (Fsp3) is 0.294. The summed E-state index contributed by atoms with van der Waals surface area (Å²) >= 11 is 0. The summed E-state index contributed by atoms with van der Waals surface area (Å²) in [5, 5.41) is 14.8. The van der Waals surface area contributed by atoms with Gasteiger partial charge in [-0.2, -0.15) is 0 Å². The van der Waals surface area contributed by atoms with Crippen molar-refractivity contribution in [2.24, 2.45) is 10.9 Å². The molecule has 1 amide bonds. The molecule has 0 fully saturated rings. The molecule has 0 saturated heterocycles. The third kappa shape index (κ3) is 2.36. The fourth-order valence-corrected chi connectivity index (χ4v) is 2.50. The lowest BCUT2D eigenvalue weighted by Crippen LogP contribution is -2.41. The SMILES string of the molecule is CC(C)C1(C)N=C(c2nc3ccccc3cc2C(=O)[O-])NC1=O. The molecular weight excluding hydrogens is 294 g/mol. The van der Waals surface area contributed by atoms with Gasteiger partial charge in [-0.05, 0) is 25.0 Å². The maximum absolute atomic E-state index is 12.2. The van der Waals surface area contributed by atoms with Crippen LogP contribution in [-0.4, -0.2) is 28.2 Å². The monoisotopic (exact) mass is 310 g/mol. The molecule has 2 heterocycles. The number of carboxylic acid groups (broad SMARTS) is 1. The highest BCUT2D eigenvalue weighted by molar-refractivity contribution is 6.18. The van der Waals surface area contributed by atoms with Gasteiger partial charge in [-0.15, -0.1) is 0 Å². The second-order valence-corrected chi connectivity index (χ2v) is 6.08. The van der Waals surface area contributed by atoms with E-state index in [0.717, 1.165) is 0 Å². The van der Waals surface area contributed by atoms with Gasteiger partial charge in [-0.25, -0.2) is 9.98 Å². The molecule has 6 nitrogen and oxygen atoms in total. The molecule has 0 spiro atoms. The van der Waals surface area contributed by atoms with Crippen molar-refractivity contribution in [3.05, 3.63) is 41.6 Å². The Hall–Kier alpha value is -2.76. The van der Waals surface area contributed by atoms with Crippen LogP contribution in [-0.2, 0) is 4.79 Å². The number of aromatic nitrogens is 1. The first-order valence-corrected chi connectivity index (χ1v) is 7.35. The number of para-hydroxylation sites is 1. The maximum Gasteiger partial charge on any atom is 0.253 e. The lowest BCUT2D eigenvalue weighted by atomic mass is 9.89. The van der Waals surface area contributed by atoms with Gasteiger partial charge in [0.1, 0.15) is 11.2 Å². The van der Waals surface area contributed by atoms with Crippen LogP contribution in [0.4, 0.5) is 0 Å². The molecule has 0 bridgehead atoms. The van der Waals surface area contributed by atoms with Crippen LogP contribution in [0.3, 0.4) is 0 Å². The summed E-state index contributed by atoms with van der Waals surface area (Å²) in [6.07, 6.45) is 0.